The van der Waals surface area contributed by atoms with Crippen LogP contribution in [0.4, 0.5) is 0 Å². The van der Waals surface area contributed by atoms with Crippen LogP contribution in [0.15, 0.2) is 76.5 Å². The Morgan fingerprint density at radius 1 is 0.974 bits per heavy atom. The number of rotatable bonds is 9. The van der Waals surface area contributed by atoms with E-state index in [1.807, 2.05) is 68.4 Å². The van der Waals surface area contributed by atoms with Gasteiger partial charge < -0.3 is 23.5 Å². The van der Waals surface area contributed by atoms with E-state index in [4.69, 9.17) is 18.6 Å². The Balaban J connectivity index is 1.61. The van der Waals surface area contributed by atoms with Gasteiger partial charge in [-0.3, -0.25) is 9.59 Å². The van der Waals surface area contributed by atoms with E-state index >= 15 is 0 Å². The summed E-state index contributed by atoms with van der Waals surface area (Å²) in [6.07, 6.45) is 2.21. The highest BCUT2D eigenvalue weighted by Gasteiger charge is 2.42. The summed E-state index contributed by atoms with van der Waals surface area (Å²) >= 11 is 0. The van der Waals surface area contributed by atoms with Crippen molar-refractivity contribution in [2.75, 3.05) is 27.4 Å². The van der Waals surface area contributed by atoms with E-state index < -0.39 is 6.04 Å². The molecule has 39 heavy (non-hydrogen) atoms. The van der Waals surface area contributed by atoms with Crippen LogP contribution in [0, 0.1) is 13.8 Å². The SMILES string of the molecule is C=CCOc1cccc(C2c3c(oc4cc(C)c(C)cc4c3=O)C(=O)N2CCc2ccc(OC)c(OC)c2)c1. The lowest BCUT2D eigenvalue weighted by molar-refractivity contribution is 0.0730. The fraction of sp³-hybridized carbons (Fsp3) is 0.250. The lowest BCUT2D eigenvalue weighted by Crippen LogP contribution is -2.31. The third-order valence-electron chi connectivity index (χ3n) is 7.21. The molecule has 0 spiro atoms. The number of methoxy groups -OCH3 is 2. The highest BCUT2D eigenvalue weighted by Crippen LogP contribution is 2.39. The molecule has 7 heteroatoms. The summed E-state index contributed by atoms with van der Waals surface area (Å²) in [4.78, 5) is 29.5. The predicted octanol–water partition coefficient (Wildman–Crippen LogP) is 5.78. The highest BCUT2D eigenvalue weighted by molar-refractivity contribution is 5.99. The van der Waals surface area contributed by atoms with Crippen LogP contribution in [-0.4, -0.2) is 38.2 Å². The Bertz CT molecular complexity index is 1640. The van der Waals surface area contributed by atoms with Crippen molar-refractivity contribution in [1.82, 2.24) is 4.90 Å². The van der Waals surface area contributed by atoms with Gasteiger partial charge in [0, 0.05) is 6.54 Å². The van der Waals surface area contributed by atoms with Crippen molar-refractivity contribution in [3.8, 4) is 17.2 Å². The van der Waals surface area contributed by atoms with Crippen LogP contribution in [0.3, 0.4) is 0 Å². The first-order valence-electron chi connectivity index (χ1n) is 12.8. The third kappa shape index (κ3) is 4.76. The van der Waals surface area contributed by atoms with E-state index in [-0.39, 0.29) is 17.1 Å². The number of fused-ring (bicyclic) bond motifs is 2. The Kier molecular flexibility index (Phi) is 7.15. The zero-order valence-electron chi connectivity index (χ0n) is 22.6. The second kappa shape index (κ2) is 10.7. The van der Waals surface area contributed by atoms with Crippen molar-refractivity contribution in [3.63, 3.8) is 0 Å². The van der Waals surface area contributed by atoms with Crippen LogP contribution < -0.4 is 19.6 Å². The predicted molar refractivity (Wildman–Crippen MR) is 150 cm³/mol. The van der Waals surface area contributed by atoms with Crippen molar-refractivity contribution >= 4 is 16.9 Å². The Labute approximate surface area is 227 Å². The van der Waals surface area contributed by atoms with Crippen LogP contribution in [0.2, 0.25) is 0 Å². The molecule has 0 fully saturated rings. The lowest BCUT2D eigenvalue weighted by atomic mass is 9.97. The van der Waals surface area contributed by atoms with Crippen molar-refractivity contribution in [1.29, 1.82) is 0 Å². The number of amides is 1. The molecule has 3 aromatic carbocycles. The largest absolute Gasteiger partial charge is 0.493 e. The van der Waals surface area contributed by atoms with Gasteiger partial charge in [0.2, 0.25) is 5.76 Å². The average Bonchev–Trinajstić information content (AvgIpc) is 3.23. The molecule has 5 rings (SSSR count). The topological polar surface area (TPSA) is 78.2 Å². The van der Waals surface area contributed by atoms with Gasteiger partial charge in [0.15, 0.2) is 16.9 Å². The van der Waals surface area contributed by atoms with E-state index in [0.717, 1.165) is 22.3 Å². The van der Waals surface area contributed by atoms with E-state index in [9.17, 15) is 9.59 Å². The number of hydrogen-bond acceptors (Lipinski definition) is 6. The maximum atomic E-state index is 13.9. The molecule has 200 valence electrons. The fourth-order valence-corrected chi connectivity index (χ4v) is 5.07. The molecule has 2 heterocycles. The van der Waals surface area contributed by atoms with Gasteiger partial charge in [0.25, 0.3) is 5.91 Å². The molecule has 4 aromatic rings. The molecule has 1 aliphatic rings. The van der Waals surface area contributed by atoms with Crippen LogP contribution >= 0.6 is 0 Å². The summed E-state index contributed by atoms with van der Waals surface area (Å²) in [6.45, 7) is 8.32. The molecule has 1 aliphatic heterocycles. The van der Waals surface area contributed by atoms with Crippen LogP contribution in [0.1, 0.15) is 44.4 Å². The van der Waals surface area contributed by atoms with Crippen molar-refractivity contribution < 1.29 is 23.4 Å². The van der Waals surface area contributed by atoms with Crippen LogP contribution in [-0.2, 0) is 6.42 Å². The molecule has 0 saturated heterocycles. The van der Waals surface area contributed by atoms with Crippen molar-refractivity contribution in [3.05, 3.63) is 111 Å². The number of ether oxygens (including phenoxy) is 3. The number of hydrogen-bond donors (Lipinski definition) is 0. The molecule has 7 nitrogen and oxygen atoms in total. The number of nitrogens with zero attached hydrogens (tertiary/aromatic N) is 1. The van der Waals surface area contributed by atoms with Gasteiger partial charge in [-0.05, 0) is 78.9 Å². The summed E-state index contributed by atoms with van der Waals surface area (Å²) in [5, 5.41) is 0.468. The quantitative estimate of drug-likeness (QED) is 0.258. The van der Waals surface area contributed by atoms with Crippen molar-refractivity contribution in [2.24, 2.45) is 0 Å². The average molecular weight is 526 g/mol. The minimum atomic E-state index is -0.623. The van der Waals surface area contributed by atoms with E-state index in [1.165, 1.54) is 0 Å². The van der Waals surface area contributed by atoms with Gasteiger partial charge >= 0.3 is 0 Å². The van der Waals surface area contributed by atoms with Crippen LogP contribution in [0.5, 0.6) is 17.2 Å². The minimum absolute atomic E-state index is 0.0884. The van der Waals surface area contributed by atoms with Gasteiger partial charge in [0.1, 0.15) is 17.9 Å². The van der Waals surface area contributed by atoms with Gasteiger partial charge in [-0.2, -0.15) is 0 Å². The first kappa shape index (κ1) is 26.1. The first-order valence-corrected chi connectivity index (χ1v) is 12.8. The molecule has 1 aromatic heterocycles. The fourth-order valence-electron chi connectivity index (χ4n) is 5.07. The molecule has 1 amide bonds. The summed E-state index contributed by atoms with van der Waals surface area (Å²) in [6, 6.07) is 16.2. The monoisotopic (exact) mass is 525 g/mol. The number of benzene rings is 3. The van der Waals surface area contributed by atoms with E-state index in [0.29, 0.717) is 53.4 Å². The molecule has 0 radical (unpaired) electrons. The number of carbonyl (C=O) groups is 1. The Morgan fingerprint density at radius 2 is 1.74 bits per heavy atom. The van der Waals surface area contributed by atoms with Gasteiger partial charge in [-0.1, -0.05) is 30.9 Å². The van der Waals surface area contributed by atoms with E-state index in [1.54, 1.807) is 25.2 Å². The lowest BCUT2D eigenvalue weighted by Gasteiger charge is -2.25. The Hall–Kier alpha value is -4.52. The summed E-state index contributed by atoms with van der Waals surface area (Å²) in [7, 11) is 3.18. The first-order chi connectivity index (χ1) is 18.9. The molecule has 1 unspecified atom stereocenters. The van der Waals surface area contributed by atoms with Gasteiger partial charge in [-0.25, -0.2) is 0 Å². The summed E-state index contributed by atoms with van der Waals surface area (Å²) in [5.74, 6) is 1.65. The zero-order valence-corrected chi connectivity index (χ0v) is 22.6. The van der Waals surface area contributed by atoms with E-state index in [2.05, 4.69) is 6.58 Å². The normalized spacial score (nSPS) is 14.4. The summed E-state index contributed by atoms with van der Waals surface area (Å²) in [5.41, 5.74) is 4.28. The Morgan fingerprint density at radius 3 is 2.49 bits per heavy atom. The number of aryl methyl sites for hydroxylation is 2. The standard InChI is InChI=1S/C32H31NO6/c1-6-14-38-23-9-7-8-22(18-23)29-28-30(34)24-15-19(2)20(3)16-26(24)39-31(28)32(35)33(29)13-12-21-10-11-25(36-4)27(17-21)37-5/h6-11,15-18,29H,1,12-14H2,2-5H3. The molecular formula is C32H31NO6. The van der Waals surface area contributed by atoms with Crippen molar-refractivity contribution in [2.45, 2.75) is 26.3 Å². The molecular weight excluding hydrogens is 494 g/mol. The maximum absolute atomic E-state index is 13.9. The van der Waals surface area contributed by atoms with Gasteiger partial charge in [-0.15, -0.1) is 0 Å². The second-order valence-corrected chi connectivity index (χ2v) is 9.62. The molecule has 0 aliphatic carbocycles. The third-order valence-corrected chi connectivity index (χ3v) is 7.21. The molecule has 0 saturated carbocycles. The highest BCUT2D eigenvalue weighted by atomic mass is 16.5. The molecule has 1 atom stereocenters. The maximum Gasteiger partial charge on any atom is 0.290 e. The minimum Gasteiger partial charge on any atom is -0.493 e. The summed E-state index contributed by atoms with van der Waals surface area (Å²) < 4.78 is 22.7. The van der Waals surface area contributed by atoms with Crippen LogP contribution in [0.25, 0.3) is 11.0 Å². The van der Waals surface area contributed by atoms with Gasteiger partial charge in [0.05, 0.1) is 31.2 Å². The smallest absolute Gasteiger partial charge is 0.290 e. The number of carbonyl (C=O) groups excluding carboxylic acids is 1. The second-order valence-electron chi connectivity index (χ2n) is 9.62. The zero-order chi connectivity index (χ0) is 27.7. The molecule has 0 N–H and O–H groups in total. The molecule has 0 bridgehead atoms.